The Kier molecular flexibility index (Phi) is 7.27. The first kappa shape index (κ1) is 23.5. The zero-order valence-electron chi connectivity index (χ0n) is 17.9. The predicted octanol–water partition coefficient (Wildman–Crippen LogP) is 4.09. The van der Waals surface area contributed by atoms with Crippen LogP contribution in [0.3, 0.4) is 0 Å². The Morgan fingerprint density at radius 2 is 1.97 bits per heavy atom. The first-order valence-electron chi connectivity index (χ1n) is 10.3. The fourth-order valence-electron chi connectivity index (χ4n) is 3.32. The van der Waals surface area contributed by atoms with Crippen molar-refractivity contribution >= 4 is 56.3 Å². The number of thiophene rings is 1. The Morgan fingerprint density at radius 3 is 2.76 bits per heavy atom. The summed E-state index contributed by atoms with van der Waals surface area (Å²) in [7, 11) is 0. The molecule has 0 unspecified atom stereocenters. The first-order chi connectivity index (χ1) is 16.5. The van der Waals surface area contributed by atoms with Gasteiger partial charge in [0, 0.05) is 40.0 Å². The number of carbonyl (C=O) groups excluding carboxylic acids is 2. The van der Waals surface area contributed by atoms with Gasteiger partial charge in [0.05, 0.1) is 16.9 Å². The molecule has 4 rings (SSSR count). The van der Waals surface area contributed by atoms with E-state index in [1.54, 1.807) is 48.5 Å². The monoisotopic (exact) mass is 496 g/mol. The van der Waals surface area contributed by atoms with Crippen LogP contribution in [0.4, 0.5) is 11.5 Å². The van der Waals surface area contributed by atoms with E-state index in [4.69, 9.17) is 27.2 Å². The molecule has 0 fully saturated rings. The molecular weight excluding hydrogens is 476 g/mol. The summed E-state index contributed by atoms with van der Waals surface area (Å²) in [5.41, 5.74) is 8.27. The minimum Gasteiger partial charge on any atom is -0.489 e. The van der Waals surface area contributed by atoms with Gasteiger partial charge in [0.15, 0.2) is 0 Å². The van der Waals surface area contributed by atoms with E-state index in [1.807, 2.05) is 5.38 Å². The Bertz CT molecular complexity index is 1360. The molecule has 10 heteroatoms. The maximum absolute atomic E-state index is 12.6. The molecule has 0 spiro atoms. The van der Waals surface area contributed by atoms with Crippen LogP contribution in [0.25, 0.3) is 10.1 Å². The summed E-state index contributed by atoms with van der Waals surface area (Å²) in [6.45, 7) is 0.164. The highest BCUT2D eigenvalue weighted by atomic mass is 35.5. The third-order valence-electron chi connectivity index (χ3n) is 4.92. The summed E-state index contributed by atoms with van der Waals surface area (Å²) < 4.78 is 6.62. The molecule has 4 aromatic rings. The van der Waals surface area contributed by atoms with E-state index < -0.39 is 0 Å². The number of nitrogen functional groups attached to an aromatic ring is 1. The summed E-state index contributed by atoms with van der Waals surface area (Å²) in [6, 6.07) is 13.7. The normalized spacial score (nSPS) is 10.8. The van der Waals surface area contributed by atoms with Crippen molar-refractivity contribution in [1.29, 1.82) is 0 Å². The lowest BCUT2D eigenvalue weighted by molar-refractivity contribution is 0.0945. The lowest BCUT2D eigenvalue weighted by atomic mass is 10.1. The maximum atomic E-state index is 12.6. The molecule has 2 heterocycles. The van der Waals surface area contributed by atoms with E-state index in [-0.39, 0.29) is 31.6 Å². The lowest BCUT2D eigenvalue weighted by Gasteiger charge is -2.10. The van der Waals surface area contributed by atoms with E-state index >= 15 is 0 Å². The number of halogens is 1. The number of anilines is 2. The number of aliphatic hydroxyl groups is 1. The second kappa shape index (κ2) is 10.5. The molecule has 0 radical (unpaired) electrons. The number of aliphatic hydroxyl groups excluding tert-OH is 1. The second-order valence-electron chi connectivity index (χ2n) is 7.28. The number of hydrogen-bond donors (Lipinski definition) is 4. The average molecular weight is 497 g/mol. The van der Waals surface area contributed by atoms with Gasteiger partial charge in [-0.1, -0.05) is 23.7 Å². The molecule has 34 heavy (non-hydrogen) atoms. The van der Waals surface area contributed by atoms with Crippen LogP contribution in [0.5, 0.6) is 5.75 Å². The van der Waals surface area contributed by atoms with Crippen molar-refractivity contribution < 1.29 is 19.4 Å². The molecule has 0 aliphatic carbocycles. The van der Waals surface area contributed by atoms with Crippen LogP contribution >= 0.6 is 22.9 Å². The van der Waals surface area contributed by atoms with Crippen molar-refractivity contribution in [2.45, 2.75) is 6.61 Å². The summed E-state index contributed by atoms with van der Waals surface area (Å²) in [5.74, 6) is 0.171. The number of fused-ring (bicyclic) bond motifs is 1. The topological polar surface area (TPSA) is 127 Å². The number of rotatable bonds is 8. The Hall–Kier alpha value is -3.66. The van der Waals surface area contributed by atoms with Gasteiger partial charge in [0.1, 0.15) is 18.2 Å². The van der Waals surface area contributed by atoms with Gasteiger partial charge in [0.25, 0.3) is 11.8 Å². The Balaban J connectivity index is 1.50. The molecule has 0 saturated heterocycles. The standard InChI is InChI=1S/C24H21ClN4O4S/c25-16-4-2-5-17(10-16)29-23(31)14-3-1-6-18(9-14)33-12-15-13-34-21-19(24(32)27-7-8-30)11-28-22(26)20(15)21/h1-6,9-11,13,30H,7-8,12H2,(H2,26,28)(H,27,32)(H,29,31). The van der Waals surface area contributed by atoms with Crippen molar-refractivity contribution in [3.63, 3.8) is 0 Å². The molecule has 0 bridgehead atoms. The van der Waals surface area contributed by atoms with E-state index in [1.165, 1.54) is 17.5 Å². The second-order valence-corrected chi connectivity index (χ2v) is 8.60. The van der Waals surface area contributed by atoms with E-state index in [0.29, 0.717) is 43.5 Å². The number of pyridine rings is 1. The molecule has 0 aliphatic rings. The highest BCUT2D eigenvalue weighted by molar-refractivity contribution is 7.17. The van der Waals surface area contributed by atoms with E-state index in [9.17, 15) is 9.59 Å². The van der Waals surface area contributed by atoms with Gasteiger partial charge in [-0.15, -0.1) is 11.3 Å². The molecule has 8 nitrogen and oxygen atoms in total. The Labute approximate surface area is 204 Å². The van der Waals surface area contributed by atoms with Crippen LogP contribution in [0.1, 0.15) is 26.3 Å². The van der Waals surface area contributed by atoms with Gasteiger partial charge < -0.3 is 26.2 Å². The number of nitrogens with zero attached hydrogens (tertiary/aromatic N) is 1. The lowest BCUT2D eigenvalue weighted by Crippen LogP contribution is -2.26. The van der Waals surface area contributed by atoms with Gasteiger partial charge in [-0.05, 0) is 41.8 Å². The van der Waals surface area contributed by atoms with Crippen molar-refractivity contribution in [1.82, 2.24) is 10.3 Å². The van der Waals surface area contributed by atoms with Gasteiger partial charge in [0.2, 0.25) is 0 Å². The SMILES string of the molecule is Nc1ncc(C(=O)NCCO)c2scc(COc3cccc(C(=O)Nc4cccc(Cl)c4)c3)c12. The fourth-order valence-corrected chi connectivity index (χ4v) is 4.58. The molecule has 174 valence electrons. The maximum Gasteiger partial charge on any atom is 0.255 e. The molecule has 2 aromatic heterocycles. The molecule has 0 saturated carbocycles. The summed E-state index contributed by atoms with van der Waals surface area (Å²) in [4.78, 5) is 29.2. The van der Waals surface area contributed by atoms with E-state index in [0.717, 1.165) is 5.56 Å². The van der Waals surface area contributed by atoms with Crippen LogP contribution in [-0.2, 0) is 6.61 Å². The van der Waals surface area contributed by atoms with Crippen molar-refractivity contribution in [2.24, 2.45) is 0 Å². The van der Waals surface area contributed by atoms with E-state index in [2.05, 4.69) is 15.6 Å². The minimum atomic E-state index is -0.334. The van der Waals surface area contributed by atoms with Crippen LogP contribution in [-0.4, -0.2) is 35.1 Å². The predicted molar refractivity (Wildman–Crippen MR) is 134 cm³/mol. The van der Waals surface area contributed by atoms with Gasteiger partial charge in [-0.3, -0.25) is 9.59 Å². The molecule has 2 amide bonds. The van der Waals surface area contributed by atoms with Crippen molar-refractivity contribution in [2.75, 3.05) is 24.2 Å². The highest BCUT2D eigenvalue weighted by Crippen LogP contribution is 2.33. The number of nitrogens with two attached hydrogens (primary N) is 1. The van der Waals surface area contributed by atoms with Gasteiger partial charge in [-0.25, -0.2) is 4.98 Å². The Morgan fingerprint density at radius 1 is 1.15 bits per heavy atom. The molecule has 0 atom stereocenters. The van der Waals surface area contributed by atoms with Crippen LogP contribution in [0.2, 0.25) is 5.02 Å². The summed E-state index contributed by atoms with van der Waals surface area (Å²) in [6.07, 6.45) is 1.42. The zero-order valence-corrected chi connectivity index (χ0v) is 19.4. The molecule has 0 aliphatic heterocycles. The number of amides is 2. The van der Waals surface area contributed by atoms with Crippen LogP contribution in [0.15, 0.2) is 60.1 Å². The zero-order chi connectivity index (χ0) is 24.1. The number of ether oxygens (including phenoxy) is 1. The number of hydrogen-bond acceptors (Lipinski definition) is 7. The fraction of sp³-hybridized carbons (Fsp3) is 0.125. The number of carbonyl (C=O) groups is 2. The largest absolute Gasteiger partial charge is 0.489 e. The number of aromatic nitrogens is 1. The smallest absolute Gasteiger partial charge is 0.255 e. The third kappa shape index (κ3) is 5.28. The van der Waals surface area contributed by atoms with Gasteiger partial charge in [-0.2, -0.15) is 0 Å². The van der Waals surface area contributed by atoms with Crippen molar-refractivity contribution in [3.05, 3.63) is 81.8 Å². The minimum absolute atomic E-state index is 0.146. The third-order valence-corrected chi connectivity index (χ3v) is 6.21. The highest BCUT2D eigenvalue weighted by Gasteiger charge is 2.17. The number of benzene rings is 2. The average Bonchev–Trinajstić information content (AvgIpc) is 3.26. The van der Waals surface area contributed by atoms with Crippen LogP contribution < -0.4 is 21.1 Å². The number of nitrogens with one attached hydrogen (secondary N) is 2. The first-order valence-corrected chi connectivity index (χ1v) is 11.6. The molecule has 2 aromatic carbocycles. The van der Waals surface area contributed by atoms with Crippen LogP contribution in [0, 0.1) is 0 Å². The quantitative estimate of drug-likeness (QED) is 0.291. The molecular formula is C24H21ClN4O4S. The summed E-state index contributed by atoms with van der Waals surface area (Å²) >= 11 is 7.34. The molecule has 5 N–H and O–H groups in total. The van der Waals surface area contributed by atoms with Crippen molar-refractivity contribution in [3.8, 4) is 5.75 Å². The summed E-state index contributed by atoms with van der Waals surface area (Å²) in [5, 5.41) is 17.4. The van der Waals surface area contributed by atoms with Gasteiger partial charge >= 0.3 is 0 Å².